The quantitative estimate of drug-likeness (QED) is 0.730. The number of furan rings is 1. The molecule has 1 N–H and O–H groups in total. The number of nitrogens with zero attached hydrogens (tertiary/aromatic N) is 3. The van der Waals surface area contributed by atoms with Gasteiger partial charge in [-0.3, -0.25) is 4.79 Å². The van der Waals surface area contributed by atoms with Gasteiger partial charge < -0.3 is 14.6 Å². The van der Waals surface area contributed by atoms with Crippen LogP contribution in [-0.4, -0.2) is 29.0 Å². The summed E-state index contributed by atoms with van der Waals surface area (Å²) in [5.74, 6) is 1.88. The highest BCUT2D eigenvalue weighted by Crippen LogP contribution is 2.25. The summed E-state index contributed by atoms with van der Waals surface area (Å²) in [4.78, 5) is 24.3. The van der Waals surface area contributed by atoms with Gasteiger partial charge in [0, 0.05) is 24.8 Å². The van der Waals surface area contributed by atoms with Crippen molar-refractivity contribution in [3.8, 4) is 11.4 Å². The maximum Gasteiger partial charge on any atom is 0.256 e. The number of nitrogens with one attached hydrogen (secondary N) is 1. The van der Waals surface area contributed by atoms with Crippen LogP contribution in [0.5, 0.6) is 0 Å². The van der Waals surface area contributed by atoms with Gasteiger partial charge in [-0.05, 0) is 38.3 Å². The molecule has 0 aliphatic carbocycles. The van der Waals surface area contributed by atoms with Gasteiger partial charge >= 0.3 is 0 Å². The van der Waals surface area contributed by atoms with Gasteiger partial charge in [-0.25, -0.2) is 9.97 Å². The van der Waals surface area contributed by atoms with Crippen molar-refractivity contribution in [1.29, 1.82) is 0 Å². The molecule has 6 nitrogen and oxygen atoms in total. The molecule has 3 aromatic rings. The van der Waals surface area contributed by atoms with Crippen LogP contribution in [0.1, 0.15) is 40.9 Å². The summed E-state index contributed by atoms with van der Waals surface area (Å²) in [7, 11) is 0. The third kappa shape index (κ3) is 4.06. The average Bonchev–Trinajstić information content (AvgIpc) is 3.26. The summed E-state index contributed by atoms with van der Waals surface area (Å²) in [6, 6.07) is 11.8. The Labute approximate surface area is 164 Å². The minimum Gasteiger partial charge on any atom is -0.467 e. The average molecular weight is 376 g/mol. The number of benzene rings is 1. The monoisotopic (exact) mass is 376 g/mol. The molecule has 0 saturated carbocycles. The Morgan fingerprint density at radius 2 is 1.93 bits per heavy atom. The van der Waals surface area contributed by atoms with Gasteiger partial charge in [0.1, 0.15) is 17.1 Å². The first-order valence-electron chi connectivity index (χ1n) is 9.70. The van der Waals surface area contributed by atoms with E-state index in [1.165, 1.54) is 12.0 Å². The molecule has 1 fully saturated rings. The van der Waals surface area contributed by atoms with E-state index in [0.29, 0.717) is 29.5 Å². The topological polar surface area (TPSA) is 71.3 Å². The van der Waals surface area contributed by atoms with Crippen molar-refractivity contribution in [3.63, 3.8) is 0 Å². The highest BCUT2D eigenvalue weighted by atomic mass is 16.3. The van der Waals surface area contributed by atoms with E-state index in [2.05, 4.69) is 22.1 Å². The molecular formula is C22H24N4O2. The molecule has 0 spiro atoms. The lowest BCUT2D eigenvalue weighted by Gasteiger charge is -2.29. The summed E-state index contributed by atoms with van der Waals surface area (Å²) in [5, 5.41) is 2.91. The number of carbonyl (C=O) groups is 1. The zero-order chi connectivity index (χ0) is 19.3. The van der Waals surface area contributed by atoms with Crippen molar-refractivity contribution in [2.45, 2.75) is 32.7 Å². The van der Waals surface area contributed by atoms with Crippen molar-refractivity contribution in [1.82, 2.24) is 15.3 Å². The first-order chi connectivity index (χ1) is 13.7. The van der Waals surface area contributed by atoms with E-state index >= 15 is 0 Å². The third-order valence-corrected chi connectivity index (χ3v) is 4.98. The van der Waals surface area contributed by atoms with Crippen LogP contribution in [0.25, 0.3) is 11.4 Å². The van der Waals surface area contributed by atoms with E-state index in [-0.39, 0.29) is 5.91 Å². The fourth-order valence-corrected chi connectivity index (χ4v) is 3.40. The van der Waals surface area contributed by atoms with Gasteiger partial charge in [0.2, 0.25) is 0 Å². The van der Waals surface area contributed by atoms with Gasteiger partial charge in [-0.2, -0.15) is 0 Å². The fraction of sp³-hybridized carbons (Fsp3) is 0.318. The first kappa shape index (κ1) is 18.2. The second-order valence-corrected chi connectivity index (χ2v) is 7.11. The zero-order valence-corrected chi connectivity index (χ0v) is 16.0. The molecule has 6 heteroatoms. The van der Waals surface area contributed by atoms with Crippen LogP contribution < -0.4 is 10.2 Å². The lowest BCUT2D eigenvalue weighted by atomic mass is 10.1. The summed E-state index contributed by atoms with van der Waals surface area (Å²) >= 11 is 0. The SMILES string of the molecule is Cc1ccc(-c2ncc(C(=O)NCc3ccco3)c(N3CCCCC3)n2)cc1. The standard InChI is InChI=1S/C22H24N4O2/c1-16-7-9-17(10-8-16)20-23-15-19(21(25-20)26-11-3-2-4-12-26)22(27)24-14-18-6-5-13-28-18/h5-10,13,15H,2-4,11-12,14H2,1H3,(H,24,27). The molecule has 1 aromatic carbocycles. The number of amides is 1. The molecule has 1 aliphatic rings. The molecule has 28 heavy (non-hydrogen) atoms. The zero-order valence-electron chi connectivity index (χ0n) is 16.0. The van der Waals surface area contributed by atoms with Gasteiger partial charge in [0.25, 0.3) is 5.91 Å². The molecule has 1 amide bonds. The van der Waals surface area contributed by atoms with Crippen LogP contribution >= 0.6 is 0 Å². The molecule has 0 radical (unpaired) electrons. The number of hydrogen-bond donors (Lipinski definition) is 1. The van der Waals surface area contributed by atoms with E-state index in [0.717, 1.165) is 31.5 Å². The molecule has 0 unspecified atom stereocenters. The molecule has 1 saturated heterocycles. The van der Waals surface area contributed by atoms with Crippen LogP contribution in [0.15, 0.2) is 53.3 Å². The fourth-order valence-electron chi connectivity index (χ4n) is 3.40. The Hall–Kier alpha value is -3.15. The number of aryl methyl sites for hydroxylation is 1. The Bertz CT molecular complexity index is 930. The highest BCUT2D eigenvalue weighted by molar-refractivity contribution is 5.98. The number of piperidine rings is 1. The second-order valence-electron chi connectivity index (χ2n) is 7.11. The Morgan fingerprint density at radius 3 is 2.64 bits per heavy atom. The second kappa shape index (κ2) is 8.25. The summed E-state index contributed by atoms with van der Waals surface area (Å²) in [5.41, 5.74) is 2.64. The Kier molecular flexibility index (Phi) is 5.37. The Balaban J connectivity index is 1.64. The Morgan fingerprint density at radius 1 is 1.14 bits per heavy atom. The van der Waals surface area contributed by atoms with Crippen LogP contribution in [-0.2, 0) is 6.54 Å². The lowest BCUT2D eigenvalue weighted by Crippen LogP contribution is -2.33. The third-order valence-electron chi connectivity index (χ3n) is 4.98. The van der Waals surface area contributed by atoms with E-state index in [9.17, 15) is 4.79 Å². The van der Waals surface area contributed by atoms with Crippen LogP contribution in [0.2, 0.25) is 0 Å². The molecule has 144 valence electrons. The maximum absolute atomic E-state index is 12.8. The molecule has 4 rings (SSSR count). The smallest absolute Gasteiger partial charge is 0.256 e. The minimum atomic E-state index is -0.188. The molecule has 0 atom stereocenters. The highest BCUT2D eigenvalue weighted by Gasteiger charge is 2.22. The predicted molar refractivity (Wildman–Crippen MR) is 108 cm³/mol. The van der Waals surface area contributed by atoms with Crippen molar-refractivity contribution >= 4 is 11.7 Å². The largest absolute Gasteiger partial charge is 0.467 e. The molecule has 2 aromatic heterocycles. The van der Waals surface area contributed by atoms with Crippen LogP contribution in [0.3, 0.4) is 0 Å². The summed E-state index contributed by atoms with van der Waals surface area (Å²) in [6.07, 6.45) is 6.67. The predicted octanol–water partition coefficient (Wildman–Crippen LogP) is 3.97. The van der Waals surface area contributed by atoms with Crippen LogP contribution in [0, 0.1) is 6.92 Å². The number of anilines is 1. The summed E-state index contributed by atoms with van der Waals surface area (Å²) in [6.45, 7) is 4.20. The van der Waals surface area contributed by atoms with Crippen molar-refractivity contribution in [3.05, 3.63) is 65.7 Å². The molecule has 1 aliphatic heterocycles. The lowest BCUT2D eigenvalue weighted by molar-refractivity contribution is 0.0948. The van der Waals surface area contributed by atoms with Gasteiger partial charge in [-0.15, -0.1) is 0 Å². The number of rotatable bonds is 5. The van der Waals surface area contributed by atoms with Crippen molar-refractivity contribution in [2.24, 2.45) is 0 Å². The molecule has 3 heterocycles. The maximum atomic E-state index is 12.8. The normalized spacial score (nSPS) is 14.1. The van der Waals surface area contributed by atoms with Crippen molar-refractivity contribution in [2.75, 3.05) is 18.0 Å². The minimum absolute atomic E-state index is 0.188. The number of carbonyl (C=O) groups excluding carboxylic acids is 1. The molecular weight excluding hydrogens is 352 g/mol. The first-order valence-corrected chi connectivity index (χ1v) is 9.70. The molecule has 0 bridgehead atoms. The summed E-state index contributed by atoms with van der Waals surface area (Å²) < 4.78 is 5.30. The van der Waals surface area contributed by atoms with E-state index in [4.69, 9.17) is 9.40 Å². The van der Waals surface area contributed by atoms with Gasteiger partial charge in [-0.1, -0.05) is 29.8 Å². The number of hydrogen-bond acceptors (Lipinski definition) is 5. The van der Waals surface area contributed by atoms with E-state index in [1.54, 1.807) is 18.5 Å². The number of aromatic nitrogens is 2. The van der Waals surface area contributed by atoms with Crippen molar-refractivity contribution < 1.29 is 9.21 Å². The van der Waals surface area contributed by atoms with Gasteiger partial charge in [0.05, 0.1) is 12.8 Å². The van der Waals surface area contributed by atoms with Gasteiger partial charge in [0.15, 0.2) is 5.82 Å². The van der Waals surface area contributed by atoms with E-state index in [1.807, 2.05) is 30.3 Å². The van der Waals surface area contributed by atoms with Crippen LogP contribution in [0.4, 0.5) is 5.82 Å². The van der Waals surface area contributed by atoms with E-state index < -0.39 is 0 Å².